The van der Waals surface area contributed by atoms with Crippen LogP contribution in [0.5, 0.6) is 11.5 Å². The second kappa shape index (κ2) is 8.66. The minimum absolute atomic E-state index is 0. The molecule has 1 unspecified atom stereocenters. The molecule has 1 atom stereocenters. The summed E-state index contributed by atoms with van der Waals surface area (Å²) < 4.78 is 10.9. The second-order valence-corrected chi connectivity index (χ2v) is 4.59. The maximum Gasteiger partial charge on any atom is 0.320 e. The topological polar surface area (TPSA) is 67.8 Å². The molecule has 0 aromatic heterocycles. The zero-order chi connectivity index (χ0) is 14.4. The van der Waals surface area contributed by atoms with Gasteiger partial charge in [-0.3, -0.25) is 4.79 Å². The summed E-state index contributed by atoms with van der Waals surface area (Å²) in [6, 6.07) is 4.99. The standard InChI is InChI=1S/C14H21NO4.ClH/c1-9(2)19-12-6-5-11(7-13(12)18-4)8-15-10(3)14(16)17;/h5-7,9-10,15H,8H2,1-4H3,(H,16,17);1H. The SMILES string of the molecule is COc1cc(CNC(C)C(=O)O)ccc1OC(C)C.Cl. The maximum absolute atomic E-state index is 10.7. The van der Waals surface area contributed by atoms with E-state index in [-0.39, 0.29) is 18.5 Å². The zero-order valence-electron chi connectivity index (χ0n) is 12.2. The molecule has 0 aliphatic heterocycles. The summed E-state index contributed by atoms with van der Waals surface area (Å²) in [6.07, 6.45) is 0.0740. The number of methoxy groups -OCH3 is 1. The van der Waals surface area contributed by atoms with Crippen LogP contribution in [-0.2, 0) is 11.3 Å². The van der Waals surface area contributed by atoms with Crippen molar-refractivity contribution in [1.82, 2.24) is 5.32 Å². The van der Waals surface area contributed by atoms with E-state index in [9.17, 15) is 4.79 Å². The van der Waals surface area contributed by atoms with Crippen LogP contribution in [0.2, 0.25) is 0 Å². The van der Waals surface area contributed by atoms with Gasteiger partial charge in [-0.05, 0) is 38.5 Å². The van der Waals surface area contributed by atoms with Crippen molar-refractivity contribution in [2.75, 3.05) is 7.11 Å². The van der Waals surface area contributed by atoms with E-state index in [1.54, 1.807) is 14.0 Å². The molecule has 0 aliphatic carbocycles. The van der Waals surface area contributed by atoms with Crippen LogP contribution >= 0.6 is 12.4 Å². The van der Waals surface area contributed by atoms with Gasteiger partial charge in [0.25, 0.3) is 0 Å². The van der Waals surface area contributed by atoms with Gasteiger partial charge in [0.2, 0.25) is 0 Å². The first-order valence-electron chi connectivity index (χ1n) is 6.23. The lowest BCUT2D eigenvalue weighted by Crippen LogP contribution is -2.33. The van der Waals surface area contributed by atoms with E-state index in [0.717, 1.165) is 5.56 Å². The van der Waals surface area contributed by atoms with E-state index in [1.165, 1.54) is 0 Å². The molecule has 0 saturated carbocycles. The van der Waals surface area contributed by atoms with Crippen molar-refractivity contribution < 1.29 is 19.4 Å². The average molecular weight is 304 g/mol. The molecule has 1 rings (SSSR count). The Bertz CT molecular complexity index is 437. The Balaban J connectivity index is 0.00000361. The van der Waals surface area contributed by atoms with Gasteiger partial charge in [-0.15, -0.1) is 12.4 Å². The fourth-order valence-corrected chi connectivity index (χ4v) is 1.53. The number of rotatable bonds is 7. The zero-order valence-corrected chi connectivity index (χ0v) is 13.0. The van der Waals surface area contributed by atoms with Crippen molar-refractivity contribution in [3.8, 4) is 11.5 Å². The number of carboxylic acid groups (broad SMARTS) is 1. The van der Waals surface area contributed by atoms with Crippen LogP contribution in [0.1, 0.15) is 26.3 Å². The number of benzene rings is 1. The highest BCUT2D eigenvalue weighted by molar-refractivity contribution is 5.85. The lowest BCUT2D eigenvalue weighted by Gasteiger charge is -2.15. The Labute approximate surface area is 125 Å². The first kappa shape index (κ1) is 18.5. The molecule has 0 spiro atoms. The maximum atomic E-state index is 10.7. The molecule has 0 bridgehead atoms. The normalized spacial score (nSPS) is 11.7. The van der Waals surface area contributed by atoms with Crippen LogP contribution in [0.3, 0.4) is 0 Å². The number of hydrogen-bond acceptors (Lipinski definition) is 4. The van der Waals surface area contributed by atoms with E-state index >= 15 is 0 Å². The van der Waals surface area contributed by atoms with E-state index < -0.39 is 12.0 Å². The second-order valence-electron chi connectivity index (χ2n) is 4.59. The molecule has 0 saturated heterocycles. The van der Waals surface area contributed by atoms with E-state index in [2.05, 4.69) is 5.32 Å². The number of carboxylic acids is 1. The largest absolute Gasteiger partial charge is 0.493 e. The number of ether oxygens (including phenoxy) is 2. The average Bonchev–Trinajstić information content (AvgIpc) is 2.36. The summed E-state index contributed by atoms with van der Waals surface area (Å²) >= 11 is 0. The summed E-state index contributed by atoms with van der Waals surface area (Å²) in [4.78, 5) is 10.7. The lowest BCUT2D eigenvalue weighted by molar-refractivity contribution is -0.139. The third kappa shape index (κ3) is 5.67. The summed E-state index contributed by atoms with van der Waals surface area (Å²) in [7, 11) is 1.58. The minimum atomic E-state index is -0.869. The molecule has 0 fully saturated rings. The summed E-state index contributed by atoms with van der Waals surface area (Å²) in [6.45, 7) is 5.97. The first-order chi connectivity index (χ1) is 8.93. The molecule has 0 aliphatic rings. The summed E-state index contributed by atoms with van der Waals surface area (Å²) in [5.74, 6) is 0.468. The molecule has 2 N–H and O–H groups in total. The Kier molecular flexibility index (Phi) is 8.03. The fraction of sp³-hybridized carbons (Fsp3) is 0.500. The molecule has 6 heteroatoms. The smallest absolute Gasteiger partial charge is 0.320 e. The fourth-order valence-electron chi connectivity index (χ4n) is 1.53. The molecule has 20 heavy (non-hydrogen) atoms. The van der Waals surface area contributed by atoms with E-state index in [1.807, 2.05) is 32.0 Å². The van der Waals surface area contributed by atoms with Gasteiger partial charge in [-0.1, -0.05) is 6.07 Å². The van der Waals surface area contributed by atoms with Crippen molar-refractivity contribution in [2.45, 2.75) is 39.5 Å². The van der Waals surface area contributed by atoms with Crippen LogP contribution in [0.4, 0.5) is 0 Å². The molecule has 0 heterocycles. The van der Waals surface area contributed by atoms with Gasteiger partial charge >= 0.3 is 5.97 Å². The molecular weight excluding hydrogens is 282 g/mol. The van der Waals surface area contributed by atoms with Gasteiger partial charge in [0.05, 0.1) is 13.2 Å². The molecule has 1 aromatic rings. The molecule has 1 aromatic carbocycles. The molecule has 5 nitrogen and oxygen atoms in total. The number of hydrogen-bond donors (Lipinski definition) is 2. The van der Waals surface area contributed by atoms with Crippen molar-refractivity contribution >= 4 is 18.4 Å². The number of nitrogens with one attached hydrogen (secondary N) is 1. The molecule has 0 amide bonds. The number of carbonyl (C=O) groups is 1. The lowest BCUT2D eigenvalue weighted by atomic mass is 10.2. The number of aliphatic carboxylic acids is 1. The monoisotopic (exact) mass is 303 g/mol. The van der Waals surface area contributed by atoms with Crippen LogP contribution < -0.4 is 14.8 Å². The predicted molar refractivity (Wildman–Crippen MR) is 79.9 cm³/mol. The Hall–Kier alpha value is -1.46. The molecule has 0 radical (unpaired) electrons. The van der Waals surface area contributed by atoms with Gasteiger partial charge in [0.1, 0.15) is 6.04 Å². The van der Waals surface area contributed by atoms with Gasteiger partial charge in [-0.25, -0.2) is 0 Å². The highest BCUT2D eigenvalue weighted by atomic mass is 35.5. The highest BCUT2D eigenvalue weighted by Gasteiger charge is 2.11. The quantitative estimate of drug-likeness (QED) is 0.810. The minimum Gasteiger partial charge on any atom is -0.493 e. The summed E-state index contributed by atoms with van der Waals surface area (Å²) in [5, 5.41) is 11.7. The molecule has 114 valence electrons. The number of halogens is 1. The van der Waals surface area contributed by atoms with Gasteiger partial charge in [0.15, 0.2) is 11.5 Å². The third-order valence-corrected chi connectivity index (χ3v) is 2.57. The Morgan fingerprint density at radius 2 is 1.95 bits per heavy atom. The van der Waals surface area contributed by atoms with Crippen molar-refractivity contribution in [3.05, 3.63) is 23.8 Å². The van der Waals surface area contributed by atoms with Gasteiger partial charge in [0, 0.05) is 6.54 Å². The van der Waals surface area contributed by atoms with Crippen molar-refractivity contribution in [3.63, 3.8) is 0 Å². The Morgan fingerprint density at radius 3 is 2.45 bits per heavy atom. The van der Waals surface area contributed by atoms with E-state index in [0.29, 0.717) is 18.0 Å². The van der Waals surface area contributed by atoms with Crippen LogP contribution in [0.15, 0.2) is 18.2 Å². The van der Waals surface area contributed by atoms with Crippen molar-refractivity contribution in [1.29, 1.82) is 0 Å². The van der Waals surface area contributed by atoms with Gasteiger partial charge in [-0.2, -0.15) is 0 Å². The van der Waals surface area contributed by atoms with Crippen LogP contribution in [0.25, 0.3) is 0 Å². The predicted octanol–water partition coefficient (Wildman–Crippen LogP) is 2.47. The molecular formula is C14H22ClNO4. The highest BCUT2D eigenvalue weighted by Crippen LogP contribution is 2.28. The van der Waals surface area contributed by atoms with Crippen molar-refractivity contribution in [2.24, 2.45) is 0 Å². The van der Waals surface area contributed by atoms with Crippen LogP contribution in [-0.4, -0.2) is 30.3 Å². The van der Waals surface area contributed by atoms with E-state index in [4.69, 9.17) is 14.6 Å². The van der Waals surface area contributed by atoms with Crippen LogP contribution in [0, 0.1) is 0 Å². The Morgan fingerprint density at radius 1 is 1.30 bits per heavy atom. The third-order valence-electron chi connectivity index (χ3n) is 2.57. The summed E-state index contributed by atoms with van der Waals surface area (Å²) in [5.41, 5.74) is 0.945. The first-order valence-corrected chi connectivity index (χ1v) is 6.23. The van der Waals surface area contributed by atoms with Gasteiger partial charge < -0.3 is 19.9 Å².